The predicted molar refractivity (Wildman–Crippen MR) is 329 cm³/mol. The van der Waals surface area contributed by atoms with Gasteiger partial charge in [0.25, 0.3) is 0 Å². The molecule has 0 unspecified atom stereocenters. The maximum atomic E-state index is 13.5. The number of aliphatic hydroxyl groups is 4. The Morgan fingerprint density at radius 1 is 0.532 bits per heavy atom. The number of nitrogens with zero attached hydrogens (tertiary/aromatic N) is 3. The molecule has 0 fully saturated rings. The van der Waals surface area contributed by atoms with E-state index in [9.17, 15) is 59.4 Å². The third-order valence-corrected chi connectivity index (χ3v) is 13.2. The summed E-state index contributed by atoms with van der Waals surface area (Å²) in [7, 11) is 0. The number of aliphatic hydroxyl groups excluding tert-OH is 4. The van der Waals surface area contributed by atoms with Gasteiger partial charge in [-0.15, -0.1) is 0 Å². The number of hydrogen-bond donors (Lipinski definition) is 13. The van der Waals surface area contributed by atoms with Crippen molar-refractivity contribution in [2.75, 3.05) is 198 Å². The standard InChI is InChI=1S/C57H102N10O27/c1-4-10-80-16-18-84-20-22-86-24-26-88-28-30-90-31-29-89-27-25-87-23-21-85-19-17-81-11-5-48(75)67(8-14-82-12-6-62-46(73)36-91-51(42(71)34-68)50-38(2)40(65-56(58)59)32-44(93-50)54(76)77)9-15-83-13-7-63-47(74)37-92-52(43(72)35-69)53-49(64-39(3)70)41(66-57(60)61)33-45(94-53)55(78)79/h32-33,38,40-43,49-53,68-69,71-72H,4-31,34-37H2,1-3H3,(H,62,73)(H,63,74)(H,64,70)(H,76,77)(H,78,79)(H4,58,59,65)(H4,60,61,66)/t38-,40+,41+,42-,43-,49-,50-,51-,52-,53-/m1/s1. The number of nitrogens with two attached hydrogens (primary N) is 4. The monoisotopic (exact) mass is 1360 g/mol. The molecule has 10 atom stereocenters. The number of rotatable bonds is 58. The maximum Gasteiger partial charge on any atom is 0.370 e. The number of carboxylic acid groups (broad SMARTS) is 2. The van der Waals surface area contributed by atoms with Gasteiger partial charge >= 0.3 is 11.9 Å². The van der Waals surface area contributed by atoms with Crippen molar-refractivity contribution in [1.82, 2.24) is 20.9 Å². The number of aliphatic imine (C=N–C) groups is 2. The first kappa shape index (κ1) is 83.8. The summed E-state index contributed by atoms with van der Waals surface area (Å²) in [6.45, 7) is 8.98. The highest BCUT2D eigenvalue weighted by Gasteiger charge is 2.46. The van der Waals surface area contributed by atoms with Crippen LogP contribution < -0.4 is 38.9 Å². The summed E-state index contributed by atoms with van der Waals surface area (Å²) < 4.78 is 83.4. The van der Waals surface area contributed by atoms with Gasteiger partial charge in [0.2, 0.25) is 35.1 Å². The quantitative estimate of drug-likeness (QED) is 0.0153. The zero-order valence-corrected chi connectivity index (χ0v) is 54.0. The minimum Gasteiger partial charge on any atom is -0.480 e. The number of hydrogen-bond acceptors (Lipinski definition) is 27. The van der Waals surface area contributed by atoms with Gasteiger partial charge in [-0.05, 0) is 18.6 Å². The lowest BCUT2D eigenvalue weighted by Crippen LogP contribution is -2.60. The van der Waals surface area contributed by atoms with E-state index in [0.717, 1.165) is 26.0 Å². The SMILES string of the molecule is CCCOCCOCCOCCOCCOCCOCCOCCOCCOCCC(=O)N(CCOCCNC(=O)CO[C@@H]([C@@H]1OC(C(=O)O)=C[C@H](N=C(N)N)[C@H]1C)[C@H](O)CO)CCOCCNC(=O)CO[C@@H]([C@@H]1OC(C(=O)O)=C[C@H](N=C(N)N)[C@H]1NC(C)=O)[C@H](O)CO. The number of ether oxygens (including phenoxy) is 15. The molecule has 0 aromatic heterocycles. The average Bonchev–Trinajstić information content (AvgIpc) is 0.813. The highest BCUT2D eigenvalue weighted by atomic mass is 16.6. The first-order chi connectivity index (χ1) is 45.2. The molecule has 0 aliphatic carbocycles. The molecular weight excluding hydrogens is 1260 g/mol. The normalized spacial score (nSPS) is 19.0. The van der Waals surface area contributed by atoms with Gasteiger partial charge in [0.1, 0.15) is 43.7 Å². The number of carbonyl (C=O) groups excluding carboxylic acids is 4. The van der Waals surface area contributed by atoms with Gasteiger partial charge in [-0.25, -0.2) is 19.6 Å². The molecule has 0 aromatic rings. The molecule has 0 saturated carbocycles. The van der Waals surface area contributed by atoms with Gasteiger partial charge in [-0.1, -0.05) is 13.8 Å². The molecule has 2 aliphatic heterocycles. The second-order valence-corrected chi connectivity index (χ2v) is 20.6. The summed E-state index contributed by atoms with van der Waals surface area (Å²) in [6, 6.07) is -3.35. The molecule has 0 radical (unpaired) electrons. The number of carboxylic acids is 2. The van der Waals surface area contributed by atoms with Gasteiger partial charge in [0.15, 0.2) is 18.0 Å². The van der Waals surface area contributed by atoms with Gasteiger partial charge in [-0.3, -0.25) is 19.2 Å². The lowest BCUT2D eigenvalue weighted by atomic mass is 9.87. The van der Waals surface area contributed by atoms with Crippen molar-refractivity contribution in [2.24, 2.45) is 38.8 Å². The third kappa shape index (κ3) is 37.7. The van der Waals surface area contributed by atoms with Crippen LogP contribution in [0.25, 0.3) is 0 Å². The Labute approximate surface area is 546 Å². The number of nitrogens with one attached hydrogen (secondary N) is 3. The van der Waals surface area contributed by atoms with Crippen LogP contribution in [0.15, 0.2) is 33.7 Å². The molecule has 2 aliphatic rings. The lowest BCUT2D eigenvalue weighted by molar-refractivity contribution is -0.160. The third-order valence-electron chi connectivity index (χ3n) is 13.2. The van der Waals surface area contributed by atoms with Crippen LogP contribution in [-0.2, 0) is 99.8 Å². The Morgan fingerprint density at radius 3 is 1.26 bits per heavy atom. The molecule has 37 nitrogen and oxygen atoms in total. The Bertz CT molecular complexity index is 2250. The molecular formula is C57H102N10O27. The molecule has 2 rings (SSSR count). The molecule has 37 heteroatoms. The van der Waals surface area contributed by atoms with Gasteiger partial charge in [0.05, 0.1) is 177 Å². The summed E-state index contributed by atoms with van der Waals surface area (Å²) >= 11 is 0. The highest BCUT2D eigenvalue weighted by Crippen LogP contribution is 2.31. The van der Waals surface area contributed by atoms with Crippen LogP contribution in [0.3, 0.4) is 0 Å². The second kappa shape index (κ2) is 52.0. The van der Waals surface area contributed by atoms with Crippen molar-refractivity contribution in [2.45, 2.75) is 88.4 Å². The lowest BCUT2D eigenvalue weighted by Gasteiger charge is -2.40. The Kier molecular flexibility index (Phi) is 46.4. The Hall–Kier alpha value is -6.24. The maximum absolute atomic E-state index is 13.5. The first-order valence-corrected chi connectivity index (χ1v) is 30.9. The number of guanidine groups is 2. The molecule has 0 spiro atoms. The van der Waals surface area contributed by atoms with Crippen LogP contribution >= 0.6 is 0 Å². The zero-order valence-electron chi connectivity index (χ0n) is 54.0. The molecule has 94 heavy (non-hydrogen) atoms. The highest BCUT2D eigenvalue weighted by molar-refractivity contribution is 5.86. The largest absolute Gasteiger partial charge is 0.480 e. The molecule has 2 heterocycles. The number of carbonyl (C=O) groups is 6. The van der Waals surface area contributed by atoms with E-state index >= 15 is 0 Å². The molecule has 0 bridgehead atoms. The van der Waals surface area contributed by atoms with Gasteiger partial charge < -0.3 is 145 Å². The van der Waals surface area contributed by atoms with Crippen LogP contribution in [0, 0.1) is 5.92 Å². The summed E-state index contributed by atoms with van der Waals surface area (Å²) in [5, 5.41) is 68.0. The van der Waals surface area contributed by atoms with E-state index < -0.39 is 134 Å². The van der Waals surface area contributed by atoms with E-state index in [1.165, 1.54) is 11.0 Å². The minimum absolute atomic E-state index is 0.00278. The van der Waals surface area contributed by atoms with Crippen LogP contribution in [0.5, 0.6) is 0 Å². The summed E-state index contributed by atoms with van der Waals surface area (Å²) in [5.74, 6) is -7.96. The van der Waals surface area contributed by atoms with Gasteiger partial charge in [0, 0.05) is 45.6 Å². The fourth-order valence-corrected chi connectivity index (χ4v) is 8.67. The summed E-state index contributed by atoms with van der Waals surface area (Å²) in [5.41, 5.74) is 22.2. The Morgan fingerprint density at radius 2 is 0.883 bits per heavy atom. The topological polar surface area (TPSA) is 530 Å². The molecule has 17 N–H and O–H groups in total. The van der Waals surface area contributed by atoms with Crippen molar-refractivity contribution in [1.29, 1.82) is 0 Å². The molecule has 542 valence electrons. The van der Waals surface area contributed by atoms with E-state index in [1.54, 1.807) is 6.92 Å². The fraction of sp³-hybridized carbons (Fsp3) is 0.789. The smallest absolute Gasteiger partial charge is 0.370 e. The van der Waals surface area contributed by atoms with Gasteiger partial charge in [-0.2, -0.15) is 0 Å². The van der Waals surface area contributed by atoms with E-state index in [4.69, 9.17) is 94.0 Å². The van der Waals surface area contributed by atoms with Crippen molar-refractivity contribution >= 4 is 47.5 Å². The van der Waals surface area contributed by atoms with E-state index in [2.05, 4.69) is 32.9 Å². The van der Waals surface area contributed by atoms with Crippen molar-refractivity contribution in [3.63, 3.8) is 0 Å². The zero-order chi connectivity index (χ0) is 69.3. The predicted octanol–water partition coefficient (Wildman–Crippen LogP) is -6.33. The number of aliphatic carboxylic acids is 2. The van der Waals surface area contributed by atoms with Crippen LogP contribution in [-0.4, -0.2) is 336 Å². The summed E-state index contributed by atoms with van der Waals surface area (Å²) in [6.07, 6.45) is -5.91. The number of amides is 4. The summed E-state index contributed by atoms with van der Waals surface area (Å²) in [4.78, 5) is 84.7. The molecule has 0 saturated heterocycles. The van der Waals surface area contributed by atoms with E-state index in [0.29, 0.717) is 92.5 Å². The fourth-order valence-electron chi connectivity index (χ4n) is 8.67. The van der Waals surface area contributed by atoms with Crippen molar-refractivity contribution in [3.05, 3.63) is 23.7 Å². The van der Waals surface area contributed by atoms with Crippen molar-refractivity contribution in [3.8, 4) is 0 Å². The average molecular weight is 1360 g/mol. The second-order valence-electron chi connectivity index (χ2n) is 20.6. The van der Waals surface area contributed by atoms with Crippen LogP contribution in [0.4, 0.5) is 0 Å². The molecule has 0 aromatic carbocycles. The molecule has 4 amide bonds. The van der Waals surface area contributed by atoms with Crippen LogP contribution in [0.1, 0.15) is 33.6 Å². The Balaban J connectivity index is 1.83. The van der Waals surface area contributed by atoms with E-state index in [1.807, 2.05) is 0 Å². The minimum atomic E-state index is -1.75. The first-order valence-electron chi connectivity index (χ1n) is 30.9. The van der Waals surface area contributed by atoms with Crippen LogP contribution in [0.2, 0.25) is 0 Å². The van der Waals surface area contributed by atoms with Crippen molar-refractivity contribution < 1.29 is 130 Å². The van der Waals surface area contributed by atoms with E-state index in [-0.39, 0.29) is 90.7 Å².